The van der Waals surface area contributed by atoms with Crippen LogP contribution in [0.1, 0.15) is 10.4 Å². The molecule has 0 unspecified atom stereocenters. The summed E-state index contributed by atoms with van der Waals surface area (Å²) in [6, 6.07) is 1.01. The predicted molar refractivity (Wildman–Crippen MR) is 48.8 cm³/mol. The highest BCUT2D eigenvalue weighted by Gasteiger charge is 2.15. The Kier molecular flexibility index (Phi) is 2.94. The molecule has 0 aromatic carbocycles. The zero-order valence-corrected chi connectivity index (χ0v) is 8.37. The van der Waals surface area contributed by atoms with E-state index in [4.69, 9.17) is 11.6 Å². The van der Waals surface area contributed by atoms with Gasteiger partial charge in [0.1, 0.15) is 0 Å². The van der Waals surface area contributed by atoms with Gasteiger partial charge in [-0.05, 0) is 37.4 Å². The molecule has 1 rings (SSSR count). The van der Waals surface area contributed by atoms with Crippen molar-refractivity contribution in [2.24, 2.45) is 0 Å². The minimum absolute atomic E-state index is 0.0309. The second-order valence-corrected chi connectivity index (χ2v) is 3.25. The molecule has 0 spiro atoms. The topological polar surface area (TPSA) is 73.1 Å². The zero-order valence-electron chi connectivity index (χ0n) is 6.03. The predicted octanol–water partition coefficient (Wildman–Crippen LogP) is 2.13. The first-order valence-electron chi connectivity index (χ1n) is 3.02. The van der Waals surface area contributed by atoms with Gasteiger partial charge in [0, 0.05) is 6.07 Å². The average Bonchev–Trinajstić information content (AvgIpc) is 2.04. The molecule has 0 amide bonds. The van der Waals surface area contributed by atoms with E-state index in [1.807, 2.05) is 0 Å². The largest absolute Gasteiger partial charge is 0.364 e. The molecule has 0 atom stereocenters. The molecule has 5 nitrogen and oxygen atoms in total. The van der Waals surface area contributed by atoms with Gasteiger partial charge in [-0.25, -0.2) is 0 Å². The molecule has 13 heavy (non-hydrogen) atoms. The maximum absolute atomic E-state index is 10.7. The summed E-state index contributed by atoms with van der Waals surface area (Å²) in [5.74, 6) is -0.410. The Bertz CT molecular complexity index is 382. The summed E-state index contributed by atoms with van der Waals surface area (Å²) in [6.07, 6.45) is 1.16. The van der Waals surface area contributed by atoms with Crippen molar-refractivity contribution in [2.75, 3.05) is 0 Å². The third-order valence-electron chi connectivity index (χ3n) is 1.24. The van der Waals surface area contributed by atoms with Gasteiger partial charge in [-0.2, -0.15) is 0 Å². The Labute approximate surface area is 86.0 Å². The quantitative estimate of drug-likeness (QED) is 0.466. The highest BCUT2D eigenvalue weighted by Crippen LogP contribution is 2.21. The highest BCUT2D eigenvalue weighted by molar-refractivity contribution is 9.10. The molecule has 1 aromatic heterocycles. The van der Waals surface area contributed by atoms with Gasteiger partial charge in [0.25, 0.3) is 5.24 Å². The smallest absolute Gasteiger partial charge is 0.358 e. The van der Waals surface area contributed by atoms with Crippen molar-refractivity contribution >= 4 is 38.6 Å². The molecule has 68 valence electrons. The molecular formula is C6H2BrClN2O3. The van der Waals surface area contributed by atoms with E-state index in [0.717, 1.165) is 12.3 Å². The van der Waals surface area contributed by atoms with Gasteiger partial charge in [-0.1, -0.05) is 0 Å². The van der Waals surface area contributed by atoms with Crippen molar-refractivity contribution < 1.29 is 9.72 Å². The van der Waals surface area contributed by atoms with Crippen LogP contribution in [0.3, 0.4) is 0 Å². The fourth-order valence-corrected chi connectivity index (χ4v) is 1.35. The highest BCUT2D eigenvalue weighted by atomic mass is 79.9. The number of carbonyl (C=O) groups is 1. The van der Waals surface area contributed by atoms with Crippen LogP contribution >= 0.6 is 27.5 Å². The Balaban J connectivity index is 3.27. The van der Waals surface area contributed by atoms with Gasteiger partial charge in [0.15, 0.2) is 6.20 Å². The van der Waals surface area contributed by atoms with Gasteiger partial charge >= 0.3 is 5.82 Å². The molecule has 1 aromatic rings. The number of pyridine rings is 1. The van der Waals surface area contributed by atoms with Crippen LogP contribution in [-0.2, 0) is 0 Å². The molecule has 1 heterocycles. The SMILES string of the molecule is O=C(Cl)c1cc([N+](=O)[O-])ncc1Br. The lowest BCUT2D eigenvalue weighted by molar-refractivity contribution is -0.389. The molecule has 0 aliphatic carbocycles. The summed E-state index contributed by atoms with van der Waals surface area (Å²) in [4.78, 5) is 23.8. The van der Waals surface area contributed by atoms with E-state index >= 15 is 0 Å². The van der Waals surface area contributed by atoms with Crippen molar-refractivity contribution in [1.82, 2.24) is 4.98 Å². The van der Waals surface area contributed by atoms with Crippen molar-refractivity contribution in [1.29, 1.82) is 0 Å². The second kappa shape index (κ2) is 3.80. The number of halogens is 2. The summed E-state index contributed by atoms with van der Waals surface area (Å²) in [5.41, 5.74) is 0.0309. The molecular weight excluding hydrogens is 263 g/mol. The molecule has 0 aliphatic heterocycles. The number of nitrogens with zero attached hydrogens (tertiary/aromatic N) is 2. The van der Waals surface area contributed by atoms with Crippen LogP contribution in [0.25, 0.3) is 0 Å². The number of aromatic nitrogens is 1. The first kappa shape index (κ1) is 10.1. The fraction of sp³-hybridized carbons (Fsp3) is 0. The van der Waals surface area contributed by atoms with E-state index < -0.39 is 16.0 Å². The van der Waals surface area contributed by atoms with Gasteiger partial charge in [0.05, 0.1) is 10.0 Å². The summed E-state index contributed by atoms with van der Waals surface area (Å²) < 4.78 is 0.332. The van der Waals surface area contributed by atoms with E-state index in [0.29, 0.717) is 4.47 Å². The van der Waals surface area contributed by atoms with Crippen LogP contribution in [-0.4, -0.2) is 15.1 Å². The molecule has 0 bridgehead atoms. The van der Waals surface area contributed by atoms with E-state index in [-0.39, 0.29) is 5.56 Å². The summed E-state index contributed by atoms with van der Waals surface area (Å²) in [6.45, 7) is 0. The molecule has 0 radical (unpaired) electrons. The number of hydrogen-bond donors (Lipinski definition) is 0. The Morgan fingerprint density at radius 2 is 2.31 bits per heavy atom. The first-order chi connectivity index (χ1) is 6.02. The number of rotatable bonds is 2. The summed E-state index contributed by atoms with van der Waals surface area (Å²) >= 11 is 8.16. The Morgan fingerprint density at radius 3 is 2.77 bits per heavy atom. The van der Waals surface area contributed by atoms with Crippen LogP contribution in [0.15, 0.2) is 16.7 Å². The lowest BCUT2D eigenvalue weighted by atomic mass is 10.3. The maximum atomic E-state index is 10.7. The summed E-state index contributed by atoms with van der Waals surface area (Å²) in [5, 5.41) is 9.49. The normalized spacial score (nSPS) is 9.69. The van der Waals surface area contributed by atoms with Crippen LogP contribution in [0, 0.1) is 10.1 Å². The Hall–Kier alpha value is -1.01. The minimum Gasteiger partial charge on any atom is -0.358 e. The van der Waals surface area contributed by atoms with E-state index in [2.05, 4.69) is 20.9 Å². The molecule has 0 saturated carbocycles. The number of nitro groups is 1. The standard InChI is InChI=1S/C6H2BrClN2O3/c7-4-2-9-5(10(12)13)1-3(4)6(8)11/h1-2H. The number of carbonyl (C=O) groups excluding carboxylic acids is 1. The van der Waals surface area contributed by atoms with Crippen LogP contribution in [0.4, 0.5) is 5.82 Å². The van der Waals surface area contributed by atoms with Gasteiger partial charge in [0.2, 0.25) is 0 Å². The van der Waals surface area contributed by atoms with Crippen molar-refractivity contribution in [3.8, 4) is 0 Å². The van der Waals surface area contributed by atoms with Crippen molar-refractivity contribution in [3.63, 3.8) is 0 Å². The average molecular weight is 265 g/mol. The third kappa shape index (κ3) is 2.22. The summed E-state index contributed by atoms with van der Waals surface area (Å²) in [7, 11) is 0. The van der Waals surface area contributed by atoms with Gasteiger partial charge in [-0.3, -0.25) is 4.79 Å². The van der Waals surface area contributed by atoms with E-state index in [9.17, 15) is 14.9 Å². The maximum Gasteiger partial charge on any atom is 0.364 e. The fourth-order valence-electron chi connectivity index (χ4n) is 0.678. The Morgan fingerprint density at radius 1 is 1.69 bits per heavy atom. The van der Waals surface area contributed by atoms with Gasteiger partial charge in [-0.15, -0.1) is 0 Å². The van der Waals surface area contributed by atoms with E-state index in [1.54, 1.807) is 0 Å². The van der Waals surface area contributed by atoms with Crippen molar-refractivity contribution in [2.45, 2.75) is 0 Å². The minimum atomic E-state index is -0.766. The monoisotopic (exact) mass is 264 g/mol. The molecule has 0 saturated heterocycles. The van der Waals surface area contributed by atoms with E-state index in [1.165, 1.54) is 0 Å². The van der Waals surface area contributed by atoms with Crippen LogP contribution in [0.5, 0.6) is 0 Å². The first-order valence-corrected chi connectivity index (χ1v) is 4.19. The number of hydrogen-bond acceptors (Lipinski definition) is 4. The molecule has 7 heteroatoms. The lowest BCUT2D eigenvalue weighted by Crippen LogP contribution is -1.97. The van der Waals surface area contributed by atoms with Crippen LogP contribution in [0.2, 0.25) is 0 Å². The third-order valence-corrected chi connectivity index (χ3v) is 2.08. The van der Waals surface area contributed by atoms with Gasteiger partial charge < -0.3 is 10.1 Å². The zero-order chi connectivity index (χ0) is 10.0. The van der Waals surface area contributed by atoms with Crippen LogP contribution < -0.4 is 0 Å². The molecule has 0 aliphatic rings. The second-order valence-electron chi connectivity index (χ2n) is 2.05. The van der Waals surface area contributed by atoms with Crippen molar-refractivity contribution in [3.05, 3.63) is 32.4 Å². The molecule has 0 N–H and O–H groups in total. The lowest BCUT2D eigenvalue weighted by Gasteiger charge is -1.95. The molecule has 0 fully saturated rings.